The number of ether oxygens (including phenoxy) is 1. The molecule has 0 aliphatic carbocycles. The molecule has 1 aromatic rings. The molecular weight excluding hydrogens is 198 g/mol. The van der Waals surface area contributed by atoms with E-state index in [9.17, 15) is 0 Å². The highest BCUT2D eigenvalue weighted by Gasteiger charge is 2.05. The predicted molar refractivity (Wildman–Crippen MR) is 68.7 cm³/mol. The first-order valence-corrected chi connectivity index (χ1v) is 6.12. The maximum absolute atomic E-state index is 5.30. The fourth-order valence-corrected chi connectivity index (χ4v) is 1.82. The summed E-state index contributed by atoms with van der Waals surface area (Å²) in [7, 11) is 0. The molecule has 0 aromatic heterocycles. The number of hydrogen-bond donors (Lipinski definition) is 1. The molecular formula is C14H23NO. The van der Waals surface area contributed by atoms with Crippen molar-refractivity contribution in [3.63, 3.8) is 0 Å². The lowest BCUT2D eigenvalue weighted by molar-refractivity contribution is 0.144. The fraction of sp³-hybridized carbons (Fsp3) is 0.571. The van der Waals surface area contributed by atoms with Gasteiger partial charge in [0.05, 0.1) is 0 Å². The van der Waals surface area contributed by atoms with Gasteiger partial charge in [-0.3, -0.25) is 0 Å². The van der Waals surface area contributed by atoms with Crippen LogP contribution in [0, 0.1) is 6.92 Å². The summed E-state index contributed by atoms with van der Waals surface area (Å²) in [5.41, 5.74) is 2.74. The molecule has 2 nitrogen and oxygen atoms in total. The van der Waals surface area contributed by atoms with Crippen LogP contribution in [0.5, 0.6) is 0 Å². The van der Waals surface area contributed by atoms with Gasteiger partial charge >= 0.3 is 0 Å². The highest BCUT2D eigenvalue weighted by atomic mass is 16.5. The molecule has 0 saturated carbocycles. The van der Waals surface area contributed by atoms with Crippen LogP contribution in [-0.4, -0.2) is 19.8 Å². The molecule has 0 aliphatic rings. The van der Waals surface area contributed by atoms with Crippen molar-refractivity contribution < 1.29 is 4.74 Å². The topological polar surface area (TPSA) is 21.3 Å². The van der Waals surface area contributed by atoms with Gasteiger partial charge in [-0.05, 0) is 44.9 Å². The molecule has 0 saturated heterocycles. The molecule has 0 heterocycles. The van der Waals surface area contributed by atoms with Crippen LogP contribution in [-0.2, 0) is 4.74 Å². The molecule has 2 heteroatoms. The molecule has 0 bridgehead atoms. The van der Waals surface area contributed by atoms with Crippen LogP contribution in [0.3, 0.4) is 0 Å². The average molecular weight is 221 g/mol. The minimum atomic E-state index is 0.419. The Morgan fingerprint density at radius 2 is 2.06 bits per heavy atom. The lowest BCUT2D eigenvalue weighted by Gasteiger charge is -2.16. The van der Waals surface area contributed by atoms with E-state index in [1.165, 1.54) is 11.1 Å². The molecule has 1 N–H and O–H groups in total. The van der Waals surface area contributed by atoms with E-state index < -0.39 is 0 Å². The summed E-state index contributed by atoms with van der Waals surface area (Å²) >= 11 is 0. The second kappa shape index (κ2) is 7.42. The van der Waals surface area contributed by atoms with Crippen molar-refractivity contribution in [2.24, 2.45) is 0 Å². The summed E-state index contributed by atoms with van der Waals surface area (Å²) in [6, 6.07) is 8.95. The van der Waals surface area contributed by atoms with Crippen LogP contribution < -0.4 is 5.32 Å². The van der Waals surface area contributed by atoms with Gasteiger partial charge in [-0.1, -0.05) is 24.3 Å². The Hall–Kier alpha value is -0.860. The van der Waals surface area contributed by atoms with E-state index in [2.05, 4.69) is 43.4 Å². The Bertz CT molecular complexity index is 299. The number of nitrogens with one attached hydrogen (secondary N) is 1. The molecule has 16 heavy (non-hydrogen) atoms. The van der Waals surface area contributed by atoms with E-state index in [4.69, 9.17) is 4.74 Å². The van der Waals surface area contributed by atoms with Gasteiger partial charge < -0.3 is 10.1 Å². The summed E-state index contributed by atoms with van der Waals surface area (Å²) in [5.74, 6) is 0. The second-order valence-electron chi connectivity index (χ2n) is 4.08. The van der Waals surface area contributed by atoms with Crippen LogP contribution >= 0.6 is 0 Å². The molecule has 0 fully saturated rings. The molecule has 0 aliphatic heterocycles. The standard InChI is InChI=1S/C14H23NO/c1-4-16-11-7-10-15-13(3)14-9-6-5-8-12(14)2/h5-6,8-9,13,15H,4,7,10-11H2,1-3H3. The largest absolute Gasteiger partial charge is 0.382 e. The molecule has 1 unspecified atom stereocenters. The lowest BCUT2D eigenvalue weighted by Crippen LogP contribution is -2.21. The van der Waals surface area contributed by atoms with E-state index >= 15 is 0 Å². The minimum Gasteiger partial charge on any atom is -0.382 e. The third-order valence-corrected chi connectivity index (χ3v) is 2.78. The molecule has 1 rings (SSSR count). The van der Waals surface area contributed by atoms with Crippen LogP contribution in [0.15, 0.2) is 24.3 Å². The Kier molecular flexibility index (Phi) is 6.12. The predicted octanol–water partition coefficient (Wildman–Crippen LogP) is 3.07. The maximum Gasteiger partial charge on any atom is 0.0477 e. The third kappa shape index (κ3) is 4.33. The van der Waals surface area contributed by atoms with Crippen molar-refractivity contribution in [1.82, 2.24) is 5.32 Å². The third-order valence-electron chi connectivity index (χ3n) is 2.78. The van der Waals surface area contributed by atoms with Gasteiger partial charge in [0.1, 0.15) is 0 Å². The summed E-state index contributed by atoms with van der Waals surface area (Å²) < 4.78 is 5.30. The van der Waals surface area contributed by atoms with Gasteiger partial charge in [0, 0.05) is 19.3 Å². The maximum atomic E-state index is 5.30. The van der Waals surface area contributed by atoms with Crippen LogP contribution in [0.25, 0.3) is 0 Å². The number of benzene rings is 1. The Morgan fingerprint density at radius 3 is 2.75 bits per heavy atom. The number of aryl methyl sites for hydroxylation is 1. The Morgan fingerprint density at radius 1 is 1.31 bits per heavy atom. The monoisotopic (exact) mass is 221 g/mol. The highest BCUT2D eigenvalue weighted by molar-refractivity contribution is 5.28. The van der Waals surface area contributed by atoms with Gasteiger partial charge in [0.2, 0.25) is 0 Å². The van der Waals surface area contributed by atoms with Crippen molar-refractivity contribution in [3.05, 3.63) is 35.4 Å². The summed E-state index contributed by atoms with van der Waals surface area (Å²) in [4.78, 5) is 0. The molecule has 0 radical (unpaired) electrons. The van der Waals surface area contributed by atoms with E-state index in [-0.39, 0.29) is 0 Å². The Balaban J connectivity index is 2.30. The van der Waals surface area contributed by atoms with Gasteiger partial charge in [-0.15, -0.1) is 0 Å². The van der Waals surface area contributed by atoms with Crippen molar-refractivity contribution >= 4 is 0 Å². The molecule has 1 atom stereocenters. The van der Waals surface area contributed by atoms with E-state index in [0.717, 1.165) is 26.2 Å². The van der Waals surface area contributed by atoms with Crippen molar-refractivity contribution in [2.45, 2.75) is 33.2 Å². The molecule has 1 aromatic carbocycles. The fourth-order valence-electron chi connectivity index (χ4n) is 1.82. The van der Waals surface area contributed by atoms with E-state index in [0.29, 0.717) is 6.04 Å². The van der Waals surface area contributed by atoms with Gasteiger partial charge in [-0.25, -0.2) is 0 Å². The van der Waals surface area contributed by atoms with Gasteiger partial charge in [-0.2, -0.15) is 0 Å². The summed E-state index contributed by atoms with van der Waals surface area (Å²) in [6.45, 7) is 9.08. The zero-order valence-corrected chi connectivity index (χ0v) is 10.6. The normalized spacial score (nSPS) is 12.7. The van der Waals surface area contributed by atoms with Crippen LogP contribution in [0.4, 0.5) is 0 Å². The second-order valence-corrected chi connectivity index (χ2v) is 4.08. The van der Waals surface area contributed by atoms with E-state index in [1.54, 1.807) is 0 Å². The van der Waals surface area contributed by atoms with Gasteiger partial charge in [0.25, 0.3) is 0 Å². The van der Waals surface area contributed by atoms with E-state index in [1.807, 2.05) is 6.92 Å². The first kappa shape index (κ1) is 13.2. The van der Waals surface area contributed by atoms with Crippen LogP contribution in [0.2, 0.25) is 0 Å². The SMILES string of the molecule is CCOCCCNC(C)c1ccccc1C. The quantitative estimate of drug-likeness (QED) is 0.714. The van der Waals surface area contributed by atoms with Gasteiger partial charge in [0.15, 0.2) is 0 Å². The average Bonchev–Trinajstić information content (AvgIpc) is 2.29. The van der Waals surface area contributed by atoms with Crippen LogP contribution in [0.1, 0.15) is 37.4 Å². The van der Waals surface area contributed by atoms with Crippen molar-refractivity contribution in [1.29, 1.82) is 0 Å². The molecule has 0 spiro atoms. The number of hydrogen-bond acceptors (Lipinski definition) is 2. The minimum absolute atomic E-state index is 0.419. The molecule has 90 valence electrons. The highest BCUT2D eigenvalue weighted by Crippen LogP contribution is 2.16. The van der Waals surface area contributed by atoms with Crippen molar-refractivity contribution in [3.8, 4) is 0 Å². The summed E-state index contributed by atoms with van der Waals surface area (Å²) in [6.07, 6.45) is 1.07. The summed E-state index contributed by atoms with van der Waals surface area (Å²) in [5, 5.41) is 3.52. The van der Waals surface area contributed by atoms with Crippen molar-refractivity contribution in [2.75, 3.05) is 19.8 Å². The first-order valence-electron chi connectivity index (χ1n) is 6.12. The smallest absolute Gasteiger partial charge is 0.0477 e. The number of rotatable bonds is 7. The zero-order chi connectivity index (χ0) is 11.8. The zero-order valence-electron chi connectivity index (χ0n) is 10.6. The lowest BCUT2D eigenvalue weighted by atomic mass is 10.0. The molecule has 0 amide bonds. The Labute approximate surface area is 99.0 Å². The first-order chi connectivity index (χ1) is 7.75.